The third kappa shape index (κ3) is 2.72. The van der Waals surface area contributed by atoms with Crippen molar-refractivity contribution in [3.63, 3.8) is 0 Å². The first-order valence-electron chi connectivity index (χ1n) is 6.21. The van der Waals surface area contributed by atoms with E-state index in [1.807, 2.05) is 6.92 Å². The van der Waals surface area contributed by atoms with Crippen LogP contribution in [0.4, 0.5) is 10.2 Å². The number of hydrogen-bond acceptors (Lipinski definition) is 4. The fourth-order valence-electron chi connectivity index (χ4n) is 2.32. The van der Waals surface area contributed by atoms with E-state index < -0.39 is 0 Å². The van der Waals surface area contributed by atoms with Crippen LogP contribution in [0.15, 0.2) is 6.33 Å². The molecule has 1 aliphatic carbocycles. The minimum atomic E-state index is -0.332. The molecule has 0 aliphatic heterocycles. The molecule has 4 nitrogen and oxygen atoms in total. The second kappa shape index (κ2) is 5.40. The molecule has 2 rings (SSSR count). The molecule has 0 saturated heterocycles. The van der Waals surface area contributed by atoms with Gasteiger partial charge in [0.1, 0.15) is 6.33 Å². The number of aryl methyl sites for hydroxylation is 1. The predicted molar refractivity (Wildman–Crippen MR) is 65.2 cm³/mol. The van der Waals surface area contributed by atoms with Crippen LogP contribution in [-0.4, -0.2) is 22.6 Å². The molecule has 1 fully saturated rings. The van der Waals surface area contributed by atoms with Crippen LogP contribution in [0.3, 0.4) is 0 Å². The maximum Gasteiger partial charge on any atom is 0.186 e. The van der Waals surface area contributed by atoms with Crippen LogP contribution in [-0.2, 0) is 6.42 Å². The largest absolute Gasteiger partial charge is 0.367 e. The molecule has 1 aromatic rings. The van der Waals surface area contributed by atoms with Crippen LogP contribution in [0.2, 0.25) is 0 Å². The first-order chi connectivity index (χ1) is 8.22. The molecule has 1 aromatic heterocycles. The topological polar surface area (TPSA) is 63.8 Å². The van der Waals surface area contributed by atoms with Gasteiger partial charge in [-0.05, 0) is 25.2 Å². The van der Waals surface area contributed by atoms with Gasteiger partial charge < -0.3 is 11.1 Å². The van der Waals surface area contributed by atoms with Gasteiger partial charge in [-0.25, -0.2) is 14.4 Å². The van der Waals surface area contributed by atoms with E-state index in [1.165, 1.54) is 12.7 Å². The van der Waals surface area contributed by atoms with Gasteiger partial charge in [0.05, 0.1) is 5.69 Å². The quantitative estimate of drug-likeness (QED) is 0.838. The number of aromatic nitrogens is 2. The van der Waals surface area contributed by atoms with Gasteiger partial charge in [-0.15, -0.1) is 0 Å². The average molecular weight is 238 g/mol. The Morgan fingerprint density at radius 3 is 2.94 bits per heavy atom. The summed E-state index contributed by atoms with van der Waals surface area (Å²) in [6, 6.07) is 0.234. The van der Waals surface area contributed by atoms with Crippen LogP contribution < -0.4 is 11.1 Å². The Kier molecular flexibility index (Phi) is 3.89. The molecular weight excluding hydrogens is 219 g/mol. The molecule has 0 aromatic carbocycles. The SMILES string of the molecule is CCc1ncnc(NCC2CCCC2N)c1F. The van der Waals surface area contributed by atoms with Crippen LogP contribution in [0.5, 0.6) is 0 Å². The molecule has 1 saturated carbocycles. The highest BCUT2D eigenvalue weighted by Gasteiger charge is 2.24. The molecule has 0 amide bonds. The fourth-order valence-corrected chi connectivity index (χ4v) is 2.32. The summed E-state index contributed by atoms with van der Waals surface area (Å²) in [4.78, 5) is 7.84. The normalized spacial score (nSPS) is 23.9. The summed E-state index contributed by atoms with van der Waals surface area (Å²) in [7, 11) is 0. The molecule has 1 aliphatic rings. The van der Waals surface area contributed by atoms with Gasteiger partial charge in [-0.2, -0.15) is 0 Å². The molecule has 0 spiro atoms. The highest BCUT2D eigenvalue weighted by atomic mass is 19.1. The molecule has 3 N–H and O–H groups in total. The molecule has 94 valence electrons. The monoisotopic (exact) mass is 238 g/mol. The zero-order valence-corrected chi connectivity index (χ0v) is 10.1. The van der Waals surface area contributed by atoms with Crippen molar-refractivity contribution in [2.75, 3.05) is 11.9 Å². The summed E-state index contributed by atoms with van der Waals surface area (Å²) >= 11 is 0. The number of nitrogens with one attached hydrogen (secondary N) is 1. The van der Waals surface area contributed by atoms with E-state index in [1.54, 1.807) is 0 Å². The summed E-state index contributed by atoms with van der Waals surface area (Å²) in [5.74, 6) is 0.395. The maximum absolute atomic E-state index is 13.8. The first kappa shape index (κ1) is 12.2. The molecule has 2 unspecified atom stereocenters. The zero-order chi connectivity index (χ0) is 12.3. The van der Waals surface area contributed by atoms with E-state index in [-0.39, 0.29) is 11.9 Å². The van der Waals surface area contributed by atoms with E-state index in [0.29, 0.717) is 30.4 Å². The molecule has 2 atom stereocenters. The smallest absolute Gasteiger partial charge is 0.186 e. The van der Waals surface area contributed by atoms with Crippen LogP contribution >= 0.6 is 0 Å². The number of rotatable bonds is 4. The molecule has 0 bridgehead atoms. The van der Waals surface area contributed by atoms with Gasteiger partial charge in [0.15, 0.2) is 11.6 Å². The molecule has 1 heterocycles. The summed E-state index contributed by atoms with van der Waals surface area (Å²) < 4.78 is 13.8. The van der Waals surface area contributed by atoms with Crippen LogP contribution in [0, 0.1) is 11.7 Å². The van der Waals surface area contributed by atoms with Gasteiger partial charge in [-0.1, -0.05) is 13.3 Å². The second-order valence-electron chi connectivity index (χ2n) is 4.57. The average Bonchev–Trinajstić information content (AvgIpc) is 2.74. The Bertz CT molecular complexity index is 383. The van der Waals surface area contributed by atoms with Crippen LogP contribution in [0.25, 0.3) is 0 Å². The van der Waals surface area contributed by atoms with E-state index in [4.69, 9.17) is 5.73 Å². The lowest BCUT2D eigenvalue weighted by atomic mass is 10.1. The predicted octanol–water partition coefficient (Wildman–Crippen LogP) is 1.72. The molecule has 5 heteroatoms. The fraction of sp³-hybridized carbons (Fsp3) is 0.667. The zero-order valence-electron chi connectivity index (χ0n) is 10.1. The minimum absolute atomic E-state index is 0.234. The van der Waals surface area contributed by atoms with Crippen LogP contribution in [0.1, 0.15) is 31.9 Å². The van der Waals surface area contributed by atoms with Gasteiger partial charge >= 0.3 is 0 Å². The second-order valence-corrected chi connectivity index (χ2v) is 4.57. The Labute approximate surface area is 101 Å². The summed E-state index contributed by atoms with van der Waals surface area (Å²) in [5, 5.41) is 3.05. The lowest BCUT2D eigenvalue weighted by Gasteiger charge is -2.16. The van der Waals surface area contributed by atoms with Crippen molar-refractivity contribution in [3.8, 4) is 0 Å². The summed E-state index contributed by atoms with van der Waals surface area (Å²) in [6.07, 6.45) is 5.32. The third-order valence-electron chi connectivity index (χ3n) is 3.45. The molecule has 17 heavy (non-hydrogen) atoms. The highest BCUT2D eigenvalue weighted by molar-refractivity contribution is 5.37. The van der Waals surface area contributed by atoms with E-state index in [9.17, 15) is 4.39 Å². The Hall–Kier alpha value is -1.23. The number of hydrogen-bond donors (Lipinski definition) is 2. The van der Waals surface area contributed by atoms with Crippen molar-refractivity contribution < 1.29 is 4.39 Å². The van der Waals surface area contributed by atoms with Gasteiger partial charge in [0, 0.05) is 12.6 Å². The third-order valence-corrected chi connectivity index (χ3v) is 3.45. The first-order valence-corrected chi connectivity index (χ1v) is 6.21. The lowest BCUT2D eigenvalue weighted by Crippen LogP contribution is -2.30. The summed E-state index contributed by atoms with van der Waals surface area (Å²) in [6.45, 7) is 2.57. The number of nitrogens with two attached hydrogens (primary N) is 1. The Morgan fingerprint density at radius 2 is 2.29 bits per heavy atom. The van der Waals surface area contributed by atoms with E-state index in [2.05, 4.69) is 15.3 Å². The van der Waals surface area contributed by atoms with E-state index >= 15 is 0 Å². The van der Waals surface area contributed by atoms with Crippen molar-refractivity contribution in [2.24, 2.45) is 11.7 Å². The summed E-state index contributed by atoms with van der Waals surface area (Å²) in [5.41, 5.74) is 6.43. The van der Waals surface area contributed by atoms with Gasteiger partial charge in [-0.3, -0.25) is 0 Å². The number of nitrogens with zero attached hydrogens (tertiary/aromatic N) is 2. The standard InChI is InChI=1S/C12H19FN4/c1-2-10-11(13)12(17-7-16-10)15-6-8-4-3-5-9(8)14/h7-9H,2-6,14H2,1H3,(H,15,16,17). The lowest BCUT2D eigenvalue weighted by molar-refractivity contribution is 0.501. The highest BCUT2D eigenvalue weighted by Crippen LogP contribution is 2.24. The van der Waals surface area contributed by atoms with Gasteiger partial charge in [0.25, 0.3) is 0 Å². The number of anilines is 1. The van der Waals surface area contributed by atoms with E-state index in [0.717, 1.165) is 12.8 Å². The van der Waals surface area contributed by atoms with Crippen molar-refractivity contribution in [1.82, 2.24) is 9.97 Å². The number of halogens is 1. The van der Waals surface area contributed by atoms with Crippen molar-refractivity contribution in [2.45, 2.75) is 38.6 Å². The van der Waals surface area contributed by atoms with Crippen molar-refractivity contribution >= 4 is 5.82 Å². The minimum Gasteiger partial charge on any atom is -0.367 e. The van der Waals surface area contributed by atoms with Crippen molar-refractivity contribution in [1.29, 1.82) is 0 Å². The molecule has 0 radical (unpaired) electrons. The molecular formula is C12H19FN4. The maximum atomic E-state index is 13.8. The Morgan fingerprint density at radius 1 is 1.47 bits per heavy atom. The Balaban J connectivity index is 1.99. The van der Waals surface area contributed by atoms with Gasteiger partial charge in [0.2, 0.25) is 0 Å². The van der Waals surface area contributed by atoms with Crippen molar-refractivity contribution in [3.05, 3.63) is 17.8 Å².